The molecule has 110 valence electrons. The number of benzene rings is 1. The number of halogens is 3. The summed E-state index contributed by atoms with van der Waals surface area (Å²) in [5.74, 6) is -0.978. The molecule has 0 amide bonds. The molecule has 0 fully saturated rings. The summed E-state index contributed by atoms with van der Waals surface area (Å²) in [6.45, 7) is 3.23. The SMILES string of the molecule is CC(C)C(=O)On1ccc2c(C(F)(F)F)c(C#N)ccc21. The van der Waals surface area contributed by atoms with E-state index in [2.05, 4.69) is 0 Å². The van der Waals surface area contributed by atoms with Gasteiger partial charge in [-0.3, -0.25) is 0 Å². The Labute approximate surface area is 118 Å². The van der Waals surface area contributed by atoms with Crippen LogP contribution in [0.25, 0.3) is 10.9 Å². The van der Waals surface area contributed by atoms with Gasteiger partial charge >= 0.3 is 12.1 Å². The molecule has 4 nitrogen and oxygen atoms in total. The molecule has 0 radical (unpaired) electrons. The molecule has 0 aliphatic heterocycles. The van der Waals surface area contributed by atoms with Crippen LogP contribution in [0.3, 0.4) is 0 Å². The van der Waals surface area contributed by atoms with Crippen LogP contribution in [-0.4, -0.2) is 10.7 Å². The fraction of sp³-hybridized carbons (Fsp3) is 0.286. The third-order valence-corrected chi connectivity index (χ3v) is 2.90. The van der Waals surface area contributed by atoms with Gasteiger partial charge in [0.15, 0.2) is 0 Å². The van der Waals surface area contributed by atoms with Gasteiger partial charge in [0.1, 0.15) is 0 Å². The Bertz CT molecular complexity index is 739. The van der Waals surface area contributed by atoms with Gasteiger partial charge in [0, 0.05) is 11.6 Å². The maximum Gasteiger partial charge on any atom is 0.418 e. The highest BCUT2D eigenvalue weighted by atomic mass is 19.4. The van der Waals surface area contributed by atoms with Crippen LogP contribution in [0.1, 0.15) is 25.0 Å². The summed E-state index contributed by atoms with van der Waals surface area (Å²) >= 11 is 0. The largest absolute Gasteiger partial charge is 0.418 e. The molecule has 0 aliphatic carbocycles. The predicted molar refractivity (Wildman–Crippen MR) is 68.1 cm³/mol. The number of hydrogen-bond acceptors (Lipinski definition) is 3. The number of fused-ring (bicyclic) bond motifs is 1. The molecule has 2 aromatic rings. The summed E-state index contributed by atoms with van der Waals surface area (Å²) in [6, 6.07) is 5.08. The molecule has 1 aromatic heterocycles. The summed E-state index contributed by atoms with van der Waals surface area (Å²) < 4.78 is 40.3. The van der Waals surface area contributed by atoms with Gasteiger partial charge in [-0.05, 0) is 18.2 Å². The van der Waals surface area contributed by atoms with Gasteiger partial charge in [0.2, 0.25) is 0 Å². The highest BCUT2D eigenvalue weighted by Gasteiger charge is 2.36. The fourth-order valence-electron chi connectivity index (χ4n) is 1.87. The quantitative estimate of drug-likeness (QED) is 0.855. The average molecular weight is 296 g/mol. The molecule has 0 saturated carbocycles. The zero-order chi connectivity index (χ0) is 15.8. The molecule has 0 bridgehead atoms. The van der Waals surface area contributed by atoms with E-state index in [4.69, 9.17) is 10.1 Å². The van der Waals surface area contributed by atoms with E-state index in [0.29, 0.717) is 0 Å². The normalized spacial score (nSPS) is 11.7. The molecule has 0 atom stereocenters. The Kier molecular flexibility index (Phi) is 3.64. The van der Waals surface area contributed by atoms with Crippen molar-refractivity contribution < 1.29 is 22.8 Å². The van der Waals surface area contributed by atoms with Crippen LogP contribution in [0.15, 0.2) is 24.4 Å². The number of aromatic nitrogens is 1. The van der Waals surface area contributed by atoms with E-state index < -0.39 is 29.2 Å². The van der Waals surface area contributed by atoms with Gasteiger partial charge in [0.25, 0.3) is 0 Å². The molecule has 1 heterocycles. The van der Waals surface area contributed by atoms with Crippen LogP contribution in [0.4, 0.5) is 13.2 Å². The lowest BCUT2D eigenvalue weighted by molar-refractivity contribution is -0.147. The van der Waals surface area contributed by atoms with Crippen molar-refractivity contribution in [2.75, 3.05) is 0 Å². The van der Waals surface area contributed by atoms with Gasteiger partial charge in [-0.1, -0.05) is 13.8 Å². The van der Waals surface area contributed by atoms with Crippen molar-refractivity contribution in [3.8, 4) is 6.07 Å². The Morgan fingerprint density at radius 1 is 1.33 bits per heavy atom. The van der Waals surface area contributed by atoms with Crippen LogP contribution in [0.5, 0.6) is 0 Å². The second-order valence-corrected chi connectivity index (χ2v) is 4.74. The minimum Gasteiger partial charge on any atom is -0.336 e. The lowest BCUT2D eigenvalue weighted by Gasteiger charge is -2.12. The molecular formula is C14H11F3N2O2. The Morgan fingerprint density at radius 3 is 2.52 bits per heavy atom. The molecule has 7 heteroatoms. The third-order valence-electron chi connectivity index (χ3n) is 2.90. The van der Waals surface area contributed by atoms with E-state index in [1.54, 1.807) is 13.8 Å². The smallest absolute Gasteiger partial charge is 0.336 e. The third kappa shape index (κ3) is 2.70. The van der Waals surface area contributed by atoms with Crippen LogP contribution in [-0.2, 0) is 11.0 Å². The van der Waals surface area contributed by atoms with E-state index in [0.717, 1.165) is 10.8 Å². The van der Waals surface area contributed by atoms with Gasteiger partial charge < -0.3 is 4.84 Å². The first-order valence-electron chi connectivity index (χ1n) is 6.09. The first-order valence-corrected chi connectivity index (χ1v) is 6.09. The van der Waals surface area contributed by atoms with Crippen molar-refractivity contribution in [3.63, 3.8) is 0 Å². The first kappa shape index (κ1) is 14.9. The molecule has 2 rings (SSSR count). The van der Waals surface area contributed by atoms with Gasteiger partial charge in [0.05, 0.1) is 28.6 Å². The molecule has 1 aromatic carbocycles. The number of nitrogens with zero attached hydrogens (tertiary/aromatic N) is 2. The van der Waals surface area contributed by atoms with E-state index in [-0.39, 0.29) is 10.9 Å². The van der Waals surface area contributed by atoms with Crippen LogP contribution in [0.2, 0.25) is 0 Å². The summed E-state index contributed by atoms with van der Waals surface area (Å²) in [5, 5.41) is 8.64. The number of hydrogen-bond donors (Lipinski definition) is 0. The number of carbonyl (C=O) groups excluding carboxylic acids is 1. The Balaban J connectivity index is 2.62. The lowest BCUT2D eigenvalue weighted by atomic mass is 10.0. The molecule has 21 heavy (non-hydrogen) atoms. The lowest BCUT2D eigenvalue weighted by Crippen LogP contribution is -2.23. The van der Waals surface area contributed by atoms with E-state index in [1.807, 2.05) is 0 Å². The van der Waals surface area contributed by atoms with Crippen molar-refractivity contribution in [1.82, 2.24) is 4.73 Å². The van der Waals surface area contributed by atoms with E-state index in [1.165, 1.54) is 24.4 Å². The molecule has 0 aliphatic rings. The number of rotatable bonds is 2. The van der Waals surface area contributed by atoms with E-state index >= 15 is 0 Å². The monoisotopic (exact) mass is 296 g/mol. The van der Waals surface area contributed by atoms with Gasteiger partial charge in [-0.25, -0.2) is 4.79 Å². The van der Waals surface area contributed by atoms with Crippen molar-refractivity contribution in [1.29, 1.82) is 5.26 Å². The molecule has 0 N–H and O–H groups in total. The van der Waals surface area contributed by atoms with Crippen molar-refractivity contribution in [2.24, 2.45) is 5.92 Å². The van der Waals surface area contributed by atoms with Gasteiger partial charge in [-0.15, -0.1) is 0 Å². The summed E-state index contributed by atoms with van der Waals surface area (Å²) in [6.07, 6.45) is -3.44. The van der Waals surface area contributed by atoms with Crippen LogP contribution >= 0.6 is 0 Å². The molecule has 0 spiro atoms. The van der Waals surface area contributed by atoms with Crippen molar-refractivity contribution in [3.05, 3.63) is 35.5 Å². The molecule has 0 saturated heterocycles. The molecular weight excluding hydrogens is 285 g/mol. The van der Waals surface area contributed by atoms with Crippen LogP contribution in [0, 0.1) is 17.2 Å². The van der Waals surface area contributed by atoms with E-state index in [9.17, 15) is 18.0 Å². The van der Waals surface area contributed by atoms with Crippen molar-refractivity contribution in [2.45, 2.75) is 20.0 Å². The maximum absolute atomic E-state index is 13.1. The molecule has 0 unspecified atom stereocenters. The standard InChI is InChI=1S/C14H11F3N2O2/c1-8(2)13(20)21-19-6-5-10-11(19)4-3-9(7-18)12(10)14(15,16)17/h3-6,8H,1-2H3. The van der Waals surface area contributed by atoms with Gasteiger partial charge in [-0.2, -0.15) is 23.2 Å². The number of alkyl halides is 3. The highest BCUT2D eigenvalue weighted by molar-refractivity contribution is 5.87. The second-order valence-electron chi connectivity index (χ2n) is 4.74. The zero-order valence-corrected chi connectivity index (χ0v) is 11.2. The second kappa shape index (κ2) is 5.13. The van der Waals surface area contributed by atoms with Crippen molar-refractivity contribution >= 4 is 16.9 Å². The summed E-state index contributed by atoms with van der Waals surface area (Å²) in [4.78, 5) is 16.5. The average Bonchev–Trinajstić information content (AvgIpc) is 2.79. The number of carbonyl (C=O) groups is 1. The maximum atomic E-state index is 13.1. The fourth-order valence-corrected chi connectivity index (χ4v) is 1.87. The minimum absolute atomic E-state index is 0.0790. The zero-order valence-electron chi connectivity index (χ0n) is 11.2. The minimum atomic E-state index is -4.67. The predicted octanol–water partition coefficient (Wildman–Crippen LogP) is 3.14. The Hall–Kier alpha value is -2.49. The Morgan fingerprint density at radius 2 is 2.00 bits per heavy atom. The first-order chi connectivity index (χ1) is 9.75. The topological polar surface area (TPSA) is 55.0 Å². The summed E-state index contributed by atoms with van der Waals surface area (Å²) in [5.41, 5.74) is -1.42. The highest BCUT2D eigenvalue weighted by Crippen LogP contribution is 2.37. The summed E-state index contributed by atoms with van der Waals surface area (Å²) in [7, 11) is 0. The van der Waals surface area contributed by atoms with Crippen LogP contribution < -0.4 is 4.84 Å². The number of nitriles is 1.